The SMILES string of the molecule is c1ccc(-c2ccc(-c3ccc(N(c4ccccc4-c4ccc5c(c4)C4(c6ccccc6Oc6ccccc64)c4ccccc4-5)c4ccccc4-c4cccc5c4-c4ccccc4C54c5ccccc5Oc5ccccc54)cc3)cc2)cc1. The van der Waals surface area contributed by atoms with Crippen LogP contribution in [0, 0.1) is 0 Å². The van der Waals surface area contributed by atoms with Crippen LogP contribution in [-0.4, -0.2) is 0 Å². The van der Waals surface area contributed by atoms with Crippen molar-refractivity contribution >= 4 is 17.1 Å². The van der Waals surface area contributed by atoms with Crippen molar-refractivity contribution in [3.05, 3.63) is 354 Å². The van der Waals surface area contributed by atoms with E-state index >= 15 is 0 Å². The molecule has 388 valence electrons. The van der Waals surface area contributed by atoms with Crippen LogP contribution in [0.1, 0.15) is 44.5 Å². The highest BCUT2D eigenvalue weighted by Gasteiger charge is 2.53. The van der Waals surface area contributed by atoms with Crippen molar-refractivity contribution in [3.8, 4) is 89.8 Å². The summed E-state index contributed by atoms with van der Waals surface area (Å²) in [6, 6.07) is 113. The molecule has 0 N–H and O–H groups in total. The molecule has 2 aliphatic heterocycles. The smallest absolute Gasteiger partial charge is 0.132 e. The van der Waals surface area contributed by atoms with E-state index in [1.54, 1.807) is 0 Å². The number of benzene rings is 13. The van der Waals surface area contributed by atoms with Crippen molar-refractivity contribution in [1.82, 2.24) is 0 Å². The van der Waals surface area contributed by atoms with Crippen LogP contribution in [0.4, 0.5) is 17.1 Å². The van der Waals surface area contributed by atoms with Crippen molar-refractivity contribution in [2.75, 3.05) is 4.90 Å². The fourth-order valence-electron chi connectivity index (χ4n) is 14.7. The fourth-order valence-corrected chi connectivity index (χ4v) is 14.7. The highest BCUT2D eigenvalue weighted by Crippen LogP contribution is 2.65. The molecular formula is C80H51NO2. The summed E-state index contributed by atoms with van der Waals surface area (Å²) in [4.78, 5) is 2.50. The van der Waals surface area contributed by atoms with Crippen LogP contribution in [0.2, 0.25) is 0 Å². The second-order valence-electron chi connectivity index (χ2n) is 22.1. The molecule has 0 unspecified atom stereocenters. The molecule has 0 saturated heterocycles. The van der Waals surface area contributed by atoms with Gasteiger partial charge in [0.25, 0.3) is 0 Å². The van der Waals surface area contributed by atoms with Gasteiger partial charge in [-0.1, -0.05) is 255 Å². The van der Waals surface area contributed by atoms with Gasteiger partial charge in [0, 0.05) is 39.1 Å². The lowest BCUT2D eigenvalue weighted by Crippen LogP contribution is -2.32. The lowest BCUT2D eigenvalue weighted by molar-refractivity contribution is 0.436. The third-order valence-corrected chi connectivity index (χ3v) is 18.1. The number of nitrogens with zero attached hydrogens (tertiary/aromatic N) is 1. The highest BCUT2D eigenvalue weighted by molar-refractivity contribution is 6.02. The first-order chi connectivity index (χ1) is 41.2. The third-order valence-electron chi connectivity index (χ3n) is 18.1. The molecule has 2 spiro atoms. The number of fused-ring (bicyclic) bond motifs is 18. The Balaban J connectivity index is 0.882. The summed E-state index contributed by atoms with van der Waals surface area (Å²) < 4.78 is 13.5. The van der Waals surface area contributed by atoms with Crippen LogP contribution in [0.15, 0.2) is 309 Å². The minimum atomic E-state index is -0.615. The Morgan fingerprint density at radius 1 is 0.217 bits per heavy atom. The number of hydrogen-bond acceptors (Lipinski definition) is 3. The molecule has 0 amide bonds. The van der Waals surface area contributed by atoms with Gasteiger partial charge in [0.1, 0.15) is 23.0 Å². The molecule has 0 fully saturated rings. The average Bonchev–Trinajstić information content (AvgIpc) is 1.64. The van der Waals surface area contributed by atoms with E-state index in [1.807, 2.05) is 0 Å². The van der Waals surface area contributed by atoms with Crippen molar-refractivity contribution < 1.29 is 9.47 Å². The van der Waals surface area contributed by atoms with Crippen LogP contribution < -0.4 is 14.4 Å². The van der Waals surface area contributed by atoms with E-state index in [2.05, 4.69) is 314 Å². The second kappa shape index (κ2) is 18.4. The Labute approximate surface area is 483 Å². The predicted molar refractivity (Wildman–Crippen MR) is 338 cm³/mol. The molecule has 2 aliphatic carbocycles. The minimum Gasteiger partial charge on any atom is -0.457 e. The van der Waals surface area contributed by atoms with E-state index in [-0.39, 0.29) is 0 Å². The van der Waals surface area contributed by atoms with Gasteiger partial charge >= 0.3 is 0 Å². The normalized spacial score (nSPS) is 13.7. The number of hydrogen-bond donors (Lipinski definition) is 0. The van der Waals surface area contributed by atoms with Gasteiger partial charge in [0.15, 0.2) is 0 Å². The van der Waals surface area contributed by atoms with Crippen molar-refractivity contribution in [3.63, 3.8) is 0 Å². The van der Waals surface area contributed by atoms with Crippen LogP contribution >= 0.6 is 0 Å². The van der Waals surface area contributed by atoms with Crippen molar-refractivity contribution in [2.24, 2.45) is 0 Å². The lowest BCUT2D eigenvalue weighted by atomic mass is 9.66. The Kier molecular flexibility index (Phi) is 10.4. The number of rotatable bonds is 7. The zero-order valence-corrected chi connectivity index (χ0v) is 45.2. The molecule has 13 aromatic rings. The molecule has 2 heterocycles. The van der Waals surface area contributed by atoms with Crippen molar-refractivity contribution in [2.45, 2.75) is 10.8 Å². The molecule has 0 bridgehead atoms. The van der Waals surface area contributed by atoms with Gasteiger partial charge in [0.2, 0.25) is 0 Å². The standard InChI is InChI=1S/C80H51NO2/c1-2-21-52(22-3-1)53-41-43-54(44-42-53)55-45-48-57(49-46-55)81(72-35-14-6-23-58(72)56-47-50-60-59-24-4-8-28-64(59)80(71(60)51-56)68-32-12-18-39-76(68)83-77-40-19-13-33-69(77)80)73-36-15-7-25-61(73)62-27-20-34-70-78(62)63-26-5-9-29-65(63)79(70)66-30-10-16-37-74(66)82-75-38-17-11-31-67(75)79/h1-51H. The monoisotopic (exact) mass is 1060 g/mol. The maximum Gasteiger partial charge on any atom is 0.132 e. The lowest BCUT2D eigenvalue weighted by Gasteiger charge is -2.39. The van der Waals surface area contributed by atoms with E-state index in [0.717, 1.165) is 95.7 Å². The van der Waals surface area contributed by atoms with Gasteiger partial charge < -0.3 is 14.4 Å². The van der Waals surface area contributed by atoms with Gasteiger partial charge in [-0.2, -0.15) is 0 Å². The Morgan fingerprint density at radius 2 is 0.578 bits per heavy atom. The third kappa shape index (κ3) is 6.80. The molecule has 0 radical (unpaired) electrons. The maximum atomic E-state index is 6.76. The summed E-state index contributed by atoms with van der Waals surface area (Å²) in [6.07, 6.45) is 0. The van der Waals surface area contributed by atoms with E-state index in [1.165, 1.54) is 55.6 Å². The molecule has 4 aliphatic rings. The minimum absolute atomic E-state index is 0.611. The molecule has 83 heavy (non-hydrogen) atoms. The summed E-state index contributed by atoms with van der Waals surface area (Å²) in [5, 5.41) is 0. The van der Waals surface area contributed by atoms with Crippen molar-refractivity contribution in [1.29, 1.82) is 0 Å². The summed E-state index contributed by atoms with van der Waals surface area (Å²) in [5.74, 6) is 3.52. The van der Waals surface area contributed by atoms with Gasteiger partial charge in [-0.3, -0.25) is 0 Å². The van der Waals surface area contributed by atoms with E-state index in [9.17, 15) is 0 Å². The number of para-hydroxylation sites is 6. The molecule has 0 saturated carbocycles. The maximum absolute atomic E-state index is 6.76. The zero-order valence-electron chi connectivity index (χ0n) is 45.2. The molecule has 17 rings (SSSR count). The van der Waals surface area contributed by atoms with Crippen LogP contribution in [0.3, 0.4) is 0 Å². The molecular weight excluding hydrogens is 1010 g/mol. The molecule has 3 nitrogen and oxygen atoms in total. The second-order valence-corrected chi connectivity index (χ2v) is 22.1. The van der Waals surface area contributed by atoms with Gasteiger partial charge in [-0.25, -0.2) is 0 Å². The summed E-state index contributed by atoms with van der Waals surface area (Å²) >= 11 is 0. The fraction of sp³-hybridized carbons (Fsp3) is 0.0250. The Hall–Kier alpha value is -10.7. The number of anilines is 3. The topological polar surface area (TPSA) is 21.7 Å². The largest absolute Gasteiger partial charge is 0.457 e. The average molecular weight is 1060 g/mol. The molecule has 0 aromatic heterocycles. The van der Waals surface area contributed by atoms with Crippen LogP contribution in [-0.2, 0) is 10.8 Å². The first kappa shape index (κ1) is 47.1. The van der Waals surface area contributed by atoms with Gasteiger partial charge in [-0.05, 0) is 132 Å². The Bertz CT molecular complexity index is 4660. The molecule has 0 atom stereocenters. The summed E-state index contributed by atoms with van der Waals surface area (Å²) in [6.45, 7) is 0. The van der Waals surface area contributed by atoms with E-state index in [0.29, 0.717) is 0 Å². The highest BCUT2D eigenvalue weighted by atomic mass is 16.5. The van der Waals surface area contributed by atoms with E-state index < -0.39 is 10.8 Å². The number of ether oxygens (including phenoxy) is 2. The summed E-state index contributed by atoms with van der Waals surface area (Å²) in [5.41, 5.74) is 25.7. The van der Waals surface area contributed by atoms with E-state index in [4.69, 9.17) is 9.47 Å². The molecule has 3 heteroatoms. The first-order valence-corrected chi connectivity index (χ1v) is 28.6. The molecule has 13 aromatic carbocycles. The first-order valence-electron chi connectivity index (χ1n) is 28.6. The van der Waals surface area contributed by atoms with Crippen LogP contribution in [0.5, 0.6) is 23.0 Å². The zero-order chi connectivity index (χ0) is 54.6. The quantitative estimate of drug-likeness (QED) is 0.159. The summed E-state index contributed by atoms with van der Waals surface area (Å²) in [7, 11) is 0. The van der Waals surface area contributed by atoms with Gasteiger partial charge in [0.05, 0.1) is 22.2 Å². The van der Waals surface area contributed by atoms with Gasteiger partial charge in [-0.15, -0.1) is 0 Å². The Morgan fingerprint density at radius 3 is 1.14 bits per heavy atom. The van der Waals surface area contributed by atoms with Crippen LogP contribution in [0.25, 0.3) is 66.8 Å². The predicted octanol–water partition coefficient (Wildman–Crippen LogP) is 20.8.